The molecule has 140 valence electrons. The molecule has 26 heavy (non-hydrogen) atoms. The zero-order valence-electron chi connectivity index (χ0n) is 15.0. The predicted octanol–water partition coefficient (Wildman–Crippen LogP) is 2.67. The molecule has 0 unspecified atom stereocenters. The predicted molar refractivity (Wildman–Crippen MR) is 99.0 cm³/mol. The van der Waals surface area contributed by atoms with Crippen LogP contribution in [0.15, 0.2) is 0 Å². The monoisotopic (exact) mass is 398 g/mol. The van der Waals surface area contributed by atoms with E-state index < -0.39 is 17.8 Å². The molecule has 0 bridgehead atoms. The molecule has 0 fully saturated rings. The number of carbonyl (C=O) groups excluding carboxylic acids is 3. The van der Waals surface area contributed by atoms with Crippen LogP contribution in [0.25, 0.3) is 0 Å². The highest BCUT2D eigenvalue weighted by molar-refractivity contribution is 7.18. The summed E-state index contributed by atoms with van der Waals surface area (Å²) in [5, 5.41) is 7.08. The van der Waals surface area contributed by atoms with Gasteiger partial charge in [0.25, 0.3) is 11.8 Å². The van der Waals surface area contributed by atoms with Crippen LogP contribution in [0.4, 0.5) is 5.00 Å². The van der Waals surface area contributed by atoms with Crippen molar-refractivity contribution < 1.29 is 19.1 Å². The zero-order chi connectivity index (χ0) is 19.8. The van der Waals surface area contributed by atoms with Gasteiger partial charge in [-0.25, -0.2) is 4.79 Å². The minimum Gasteiger partial charge on any atom is -0.459 e. The quantitative estimate of drug-likeness (QED) is 0.751. The lowest BCUT2D eigenvalue weighted by Crippen LogP contribution is -2.19. The first-order valence-electron chi connectivity index (χ1n) is 7.69. The number of primary amides is 1. The summed E-state index contributed by atoms with van der Waals surface area (Å²) >= 11 is 7.04. The molecule has 0 radical (unpaired) electrons. The van der Waals surface area contributed by atoms with Gasteiger partial charge in [-0.1, -0.05) is 11.6 Å². The number of rotatable bonds is 5. The number of anilines is 1. The Morgan fingerprint density at radius 1 is 1.31 bits per heavy atom. The van der Waals surface area contributed by atoms with Crippen LogP contribution in [0, 0.1) is 13.8 Å². The Morgan fingerprint density at radius 3 is 2.38 bits per heavy atom. The van der Waals surface area contributed by atoms with Crippen LogP contribution in [-0.2, 0) is 11.8 Å². The summed E-state index contributed by atoms with van der Waals surface area (Å²) < 4.78 is 6.55. The first-order valence-corrected chi connectivity index (χ1v) is 8.88. The number of hydrogen-bond donors (Lipinski definition) is 2. The number of aromatic nitrogens is 2. The highest BCUT2D eigenvalue weighted by Crippen LogP contribution is 2.34. The molecule has 2 aromatic heterocycles. The van der Waals surface area contributed by atoms with E-state index in [2.05, 4.69) is 10.4 Å². The molecular formula is C16H19ClN4O4S. The van der Waals surface area contributed by atoms with E-state index >= 15 is 0 Å². The number of nitrogens with zero attached hydrogens (tertiary/aromatic N) is 2. The summed E-state index contributed by atoms with van der Waals surface area (Å²) in [4.78, 5) is 36.9. The fourth-order valence-electron chi connectivity index (χ4n) is 2.40. The van der Waals surface area contributed by atoms with E-state index in [1.54, 1.807) is 34.7 Å². The van der Waals surface area contributed by atoms with Crippen molar-refractivity contribution in [2.24, 2.45) is 12.8 Å². The maximum atomic E-state index is 12.6. The first-order chi connectivity index (χ1) is 12.0. The van der Waals surface area contributed by atoms with E-state index in [0.717, 1.165) is 11.3 Å². The van der Waals surface area contributed by atoms with Gasteiger partial charge < -0.3 is 15.8 Å². The maximum absolute atomic E-state index is 12.6. The van der Waals surface area contributed by atoms with Gasteiger partial charge in [-0.3, -0.25) is 14.3 Å². The molecule has 0 spiro atoms. The molecule has 0 aromatic carbocycles. The third-order valence-electron chi connectivity index (χ3n) is 3.51. The number of nitrogens with two attached hydrogens (primary N) is 1. The summed E-state index contributed by atoms with van der Waals surface area (Å²) in [6.45, 7) is 6.64. The SMILES string of the molecule is Cc1nn(C)c(C(=O)Nc2sc(C(N)=O)c(C)c2C(=O)OC(C)C)c1Cl. The van der Waals surface area contributed by atoms with Gasteiger partial charge in [0, 0.05) is 7.05 Å². The zero-order valence-corrected chi connectivity index (χ0v) is 16.5. The van der Waals surface area contributed by atoms with Gasteiger partial charge in [0.15, 0.2) is 0 Å². The molecule has 0 aliphatic rings. The normalized spacial score (nSPS) is 10.9. The van der Waals surface area contributed by atoms with Gasteiger partial charge >= 0.3 is 5.97 Å². The number of esters is 1. The number of halogens is 1. The van der Waals surface area contributed by atoms with Crippen LogP contribution >= 0.6 is 22.9 Å². The molecule has 0 atom stereocenters. The van der Waals surface area contributed by atoms with E-state index in [1.807, 2.05) is 0 Å². The van der Waals surface area contributed by atoms with Crippen LogP contribution in [0.5, 0.6) is 0 Å². The molecule has 3 N–H and O–H groups in total. The average Bonchev–Trinajstić information content (AvgIpc) is 2.95. The second-order valence-electron chi connectivity index (χ2n) is 5.90. The average molecular weight is 399 g/mol. The van der Waals surface area contributed by atoms with Gasteiger partial charge in [-0.2, -0.15) is 5.10 Å². The fourth-order valence-corrected chi connectivity index (χ4v) is 3.68. The Bertz CT molecular complexity index is 901. The number of thiophene rings is 1. The van der Waals surface area contributed by atoms with E-state index in [9.17, 15) is 14.4 Å². The molecule has 0 saturated carbocycles. The van der Waals surface area contributed by atoms with Gasteiger partial charge in [-0.05, 0) is 33.3 Å². The van der Waals surface area contributed by atoms with Crippen LogP contribution in [0.3, 0.4) is 0 Å². The van der Waals surface area contributed by atoms with Crippen LogP contribution in [-0.4, -0.2) is 33.7 Å². The molecule has 2 aromatic rings. The molecule has 8 nitrogen and oxygen atoms in total. The van der Waals surface area contributed by atoms with E-state index in [4.69, 9.17) is 22.1 Å². The van der Waals surface area contributed by atoms with Crippen LogP contribution < -0.4 is 11.1 Å². The second-order valence-corrected chi connectivity index (χ2v) is 7.30. The standard InChI is InChI=1S/C16H19ClN4O4S/c1-6(2)25-16(24)9-7(3)12(13(18)22)26-15(9)19-14(23)11-10(17)8(4)20-21(11)5/h6H,1-5H3,(H2,18,22)(H,19,23). The minimum absolute atomic E-state index is 0.0980. The number of aryl methyl sites for hydroxylation is 2. The smallest absolute Gasteiger partial charge is 0.341 e. The van der Waals surface area contributed by atoms with Crippen LogP contribution in [0.2, 0.25) is 5.02 Å². The Balaban J connectivity index is 2.48. The largest absolute Gasteiger partial charge is 0.459 e. The van der Waals surface area contributed by atoms with Crippen molar-refractivity contribution in [2.75, 3.05) is 5.32 Å². The lowest BCUT2D eigenvalue weighted by atomic mass is 10.1. The Kier molecular flexibility index (Phi) is 5.72. The van der Waals surface area contributed by atoms with E-state index in [1.165, 1.54) is 4.68 Å². The van der Waals surface area contributed by atoms with Gasteiger partial charge in [0.1, 0.15) is 10.7 Å². The third-order valence-corrected chi connectivity index (χ3v) is 5.18. The van der Waals surface area contributed by atoms with Crippen LogP contribution in [0.1, 0.15) is 55.6 Å². The minimum atomic E-state index is -0.694. The highest BCUT2D eigenvalue weighted by Gasteiger charge is 2.28. The van der Waals surface area contributed by atoms with Gasteiger partial charge in [-0.15, -0.1) is 11.3 Å². The summed E-state index contributed by atoms with van der Waals surface area (Å²) in [5.41, 5.74) is 6.46. The van der Waals surface area contributed by atoms with Crippen molar-refractivity contribution >= 4 is 45.7 Å². The van der Waals surface area contributed by atoms with Crippen molar-refractivity contribution in [3.63, 3.8) is 0 Å². The molecule has 0 saturated heterocycles. The van der Waals surface area contributed by atoms with Crippen molar-refractivity contribution in [3.05, 3.63) is 32.4 Å². The van der Waals surface area contributed by atoms with Gasteiger partial charge in [0.2, 0.25) is 0 Å². The van der Waals surface area contributed by atoms with E-state index in [-0.39, 0.29) is 32.3 Å². The van der Waals surface area contributed by atoms with Crippen molar-refractivity contribution in [2.45, 2.75) is 33.8 Å². The summed E-state index contributed by atoms with van der Waals surface area (Å²) in [7, 11) is 1.58. The summed E-state index contributed by atoms with van der Waals surface area (Å²) in [6.07, 6.45) is -0.364. The molecule has 10 heteroatoms. The lowest BCUT2D eigenvalue weighted by molar-refractivity contribution is 0.0379. The Labute approximate surface area is 159 Å². The number of amides is 2. The Hall–Kier alpha value is -2.39. The topological polar surface area (TPSA) is 116 Å². The lowest BCUT2D eigenvalue weighted by Gasteiger charge is -2.10. The number of hydrogen-bond acceptors (Lipinski definition) is 6. The van der Waals surface area contributed by atoms with Crippen molar-refractivity contribution in [1.29, 1.82) is 0 Å². The second kappa shape index (κ2) is 7.46. The third kappa shape index (κ3) is 3.73. The van der Waals surface area contributed by atoms with Crippen molar-refractivity contribution in [1.82, 2.24) is 9.78 Å². The Morgan fingerprint density at radius 2 is 1.92 bits per heavy atom. The number of ether oxygens (including phenoxy) is 1. The summed E-state index contributed by atoms with van der Waals surface area (Å²) in [5.74, 6) is -1.90. The molecule has 2 heterocycles. The fraction of sp³-hybridized carbons (Fsp3) is 0.375. The summed E-state index contributed by atoms with van der Waals surface area (Å²) in [6, 6.07) is 0. The molecule has 0 aliphatic carbocycles. The first kappa shape index (κ1) is 19.9. The highest BCUT2D eigenvalue weighted by atomic mass is 35.5. The molecule has 0 aliphatic heterocycles. The maximum Gasteiger partial charge on any atom is 0.341 e. The van der Waals surface area contributed by atoms with E-state index in [0.29, 0.717) is 11.3 Å². The molecule has 2 amide bonds. The molecule has 2 rings (SSSR count). The molecular weight excluding hydrogens is 380 g/mol. The van der Waals surface area contributed by atoms with Crippen molar-refractivity contribution in [3.8, 4) is 0 Å². The number of nitrogens with one attached hydrogen (secondary N) is 1. The van der Waals surface area contributed by atoms with Gasteiger partial charge in [0.05, 0.1) is 27.3 Å². The number of carbonyl (C=O) groups is 3.